The molecule has 0 amide bonds. The van der Waals surface area contributed by atoms with Gasteiger partial charge in [-0.2, -0.15) is 0 Å². The Morgan fingerprint density at radius 2 is 1.34 bits per heavy atom. The number of nitrogens with two attached hydrogens (primary N) is 1. The molecule has 1 spiro atoms. The third kappa shape index (κ3) is 5.66. The van der Waals surface area contributed by atoms with Crippen molar-refractivity contribution in [1.29, 1.82) is 0 Å². The van der Waals surface area contributed by atoms with Crippen molar-refractivity contribution in [3.63, 3.8) is 0 Å². The smallest absolute Gasteiger partial charge is 0.160 e. The van der Waals surface area contributed by atoms with Crippen molar-refractivity contribution >= 4 is 33.7 Å². The molecular weight excluding hydrogens is 759 g/mol. The van der Waals surface area contributed by atoms with Gasteiger partial charge in [-0.15, -0.1) is 0 Å². The number of allylic oxidation sites excluding steroid dienone is 12. The second-order valence-electron chi connectivity index (χ2n) is 16.8. The second-order valence-corrected chi connectivity index (χ2v) is 17.9. The van der Waals surface area contributed by atoms with E-state index >= 15 is 0 Å². The fraction of sp³-hybridized carbons (Fsp3) is 0.123. The number of hydrogen-bond donors (Lipinski definition) is 1. The molecule has 1 aromatic heterocycles. The molecule has 12 rings (SSSR count). The molecule has 292 valence electrons. The van der Waals surface area contributed by atoms with E-state index in [1.807, 2.05) is 11.8 Å². The molecule has 7 aromatic rings. The lowest BCUT2D eigenvalue weighted by atomic mass is 9.60. The molecule has 4 unspecified atom stereocenters. The summed E-state index contributed by atoms with van der Waals surface area (Å²) in [4.78, 5) is 13.3. The fourth-order valence-corrected chi connectivity index (χ4v) is 12.5. The lowest BCUT2D eigenvalue weighted by molar-refractivity contribution is 0.448. The number of hydrogen-bond acceptors (Lipinski definition) is 4. The van der Waals surface area contributed by atoms with Crippen LogP contribution >= 0.6 is 11.8 Å². The number of rotatable bonds is 5. The molecule has 3 nitrogen and oxygen atoms in total. The van der Waals surface area contributed by atoms with Gasteiger partial charge in [0.2, 0.25) is 0 Å². The highest BCUT2D eigenvalue weighted by Crippen LogP contribution is 2.68. The Bertz CT molecular complexity index is 3060. The Morgan fingerprint density at radius 3 is 2.15 bits per heavy atom. The van der Waals surface area contributed by atoms with Gasteiger partial charge in [0.25, 0.3) is 0 Å². The first-order chi connectivity index (χ1) is 30.2. The van der Waals surface area contributed by atoms with Crippen molar-refractivity contribution in [2.24, 2.45) is 11.7 Å². The van der Waals surface area contributed by atoms with Crippen LogP contribution in [0.15, 0.2) is 215 Å². The number of fused-ring (bicyclic) bond motifs is 9. The van der Waals surface area contributed by atoms with E-state index in [0.717, 1.165) is 53.3 Å². The molecular formula is C57H43N3S. The van der Waals surface area contributed by atoms with Crippen LogP contribution in [0.25, 0.3) is 44.6 Å². The molecule has 0 saturated heterocycles. The molecule has 2 heterocycles. The highest BCUT2D eigenvalue weighted by molar-refractivity contribution is 8.03. The largest absolute Gasteiger partial charge is 0.402 e. The van der Waals surface area contributed by atoms with Crippen molar-refractivity contribution in [3.05, 3.63) is 244 Å². The van der Waals surface area contributed by atoms with E-state index in [-0.39, 0.29) is 17.8 Å². The Hall–Kier alpha value is -6.75. The molecule has 4 atom stereocenters. The van der Waals surface area contributed by atoms with Crippen LogP contribution in [0.4, 0.5) is 0 Å². The number of benzene rings is 6. The van der Waals surface area contributed by atoms with Crippen LogP contribution in [-0.2, 0) is 5.41 Å². The summed E-state index contributed by atoms with van der Waals surface area (Å²) < 4.78 is 0. The molecule has 0 saturated carbocycles. The predicted octanol–water partition coefficient (Wildman–Crippen LogP) is 13.7. The molecule has 2 N–H and O–H groups in total. The van der Waals surface area contributed by atoms with Gasteiger partial charge in [-0.1, -0.05) is 188 Å². The quantitative estimate of drug-likeness (QED) is 0.188. The number of aromatic nitrogens is 2. The van der Waals surface area contributed by atoms with E-state index in [9.17, 15) is 0 Å². The fourth-order valence-electron chi connectivity index (χ4n) is 11.0. The third-order valence-electron chi connectivity index (χ3n) is 13.7. The minimum Gasteiger partial charge on any atom is -0.402 e. The van der Waals surface area contributed by atoms with E-state index in [0.29, 0.717) is 0 Å². The first-order valence-electron chi connectivity index (χ1n) is 21.5. The summed E-state index contributed by atoms with van der Waals surface area (Å²) in [5.41, 5.74) is 21.8. The van der Waals surface area contributed by atoms with E-state index in [4.69, 9.17) is 15.7 Å². The van der Waals surface area contributed by atoms with E-state index in [2.05, 4.69) is 194 Å². The molecule has 0 radical (unpaired) electrons. The maximum atomic E-state index is 6.21. The lowest BCUT2D eigenvalue weighted by Gasteiger charge is -2.46. The standard InChI is InChI=1S/C57H43N3S/c58-39-31-29-36(30-32-39)40-33-34-43(42-20-8-7-19-41(40)42)44-22-13-26-49-54(44)45-21-9-10-24-47(45)57(49)48-25-11-12-28-53(48)61-55-46(23-14-27-50(55)57)52-35-51(37-15-3-1-4-16-37)59-56(60-52)38-17-5-2-6-18-38/h1-22,24-29,31,33-35,46,49,54H,23,30,32,58H2. The van der Waals surface area contributed by atoms with Crippen molar-refractivity contribution in [1.82, 2.24) is 9.97 Å². The average molecular weight is 802 g/mol. The van der Waals surface area contributed by atoms with Gasteiger partial charge in [0.15, 0.2) is 5.82 Å². The molecule has 4 heteroatoms. The Morgan fingerprint density at radius 1 is 0.639 bits per heavy atom. The van der Waals surface area contributed by atoms with Crippen molar-refractivity contribution in [3.8, 4) is 22.6 Å². The second kappa shape index (κ2) is 14.5. The Kier molecular flexibility index (Phi) is 8.57. The zero-order chi connectivity index (χ0) is 40.5. The maximum absolute atomic E-state index is 6.21. The minimum absolute atomic E-state index is 0.0627. The molecule has 0 bridgehead atoms. The first kappa shape index (κ1) is 36.1. The summed E-state index contributed by atoms with van der Waals surface area (Å²) in [5, 5.41) is 2.59. The molecule has 5 aliphatic rings. The van der Waals surface area contributed by atoms with Gasteiger partial charge in [0, 0.05) is 44.4 Å². The van der Waals surface area contributed by atoms with Gasteiger partial charge in [0.05, 0.1) is 16.8 Å². The highest BCUT2D eigenvalue weighted by Gasteiger charge is 2.58. The zero-order valence-corrected chi connectivity index (χ0v) is 34.5. The van der Waals surface area contributed by atoms with Crippen LogP contribution in [-0.4, -0.2) is 9.97 Å². The van der Waals surface area contributed by atoms with Gasteiger partial charge < -0.3 is 5.73 Å². The van der Waals surface area contributed by atoms with Gasteiger partial charge in [0.1, 0.15) is 0 Å². The molecule has 0 fully saturated rings. The summed E-state index contributed by atoms with van der Waals surface area (Å²) in [5.74, 6) is 1.13. The van der Waals surface area contributed by atoms with Crippen LogP contribution in [0, 0.1) is 5.92 Å². The first-order valence-corrected chi connectivity index (χ1v) is 22.3. The maximum Gasteiger partial charge on any atom is 0.160 e. The van der Waals surface area contributed by atoms with Gasteiger partial charge in [-0.3, -0.25) is 0 Å². The molecule has 61 heavy (non-hydrogen) atoms. The summed E-state index contributed by atoms with van der Waals surface area (Å²) in [6.45, 7) is 0. The number of thioether (sulfide) groups is 1. The van der Waals surface area contributed by atoms with Crippen molar-refractivity contribution < 1.29 is 0 Å². The molecule has 4 aliphatic carbocycles. The normalized spacial score (nSPS) is 22.2. The van der Waals surface area contributed by atoms with Crippen LogP contribution in [0.5, 0.6) is 0 Å². The SMILES string of the molecule is NC1=CC=C(c2ccc(C3=CC=CC4C3c3ccccc3C43C4=C(Sc5ccccc53)C(c3cc(-c5ccccc5)nc(-c5ccccc5)n3)CC=C4)c3ccccc23)CC1. The Labute approximate surface area is 361 Å². The summed E-state index contributed by atoms with van der Waals surface area (Å²) in [6.07, 6.45) is 19.2. The molecule has 6 aromatic carbocycles. The van der Waals surface area contributed by atoms with Gasteiger partial charge in [-0.25, -0.2) is 9.97 Å². The predicted molar refractivity (Wildman–Crippen MR) is 253 cm³/mol. The van der Waals surface area contributed by atoms with Crippen LogP contribution in [0.2, 0.25) is 0 Å². The van der Waals surface area contributed by atoms with Crippen LogP contribution in [0.1, 0.15) is 64.6 Å². The number of nitrogens with zero attached hydrogens (tertiary/aromatic N) is 2. The zero-order valence-electron chi connectivity index (χ0n) is 33.7. The Balaban J connectivity index is 1.05. The van der Waals surface area contributed by atoms with E-state index in [1.165, 1.54) is 65.1 Å². The van der Waals surface area contributed by atoms with Gasteiger partial charge in [-0.05, 0) is 92.8 Å². The summed E-state index contributed by atoms with van der Waals surface area (Å²) in [7, 11) is 0. The highest BCUT2D eigenvalue weighted by atomic mass is 32.2. The van der Waals surface area contributed by atoms with Crippen LogP contribution < -0.4 is 5.73 Å². The average Bonchev–Trinajstić information content (AvgIpc) is 3.62. The van der Waals surface area contributed by atoms with Crippen molar-refractivity contribution in [2.45, 2.75) is 41.4 Å². The van der Waals surface area contributed by atoms with Crippen LogP contribution in [0.3, 0.4) is 0 Å². The van der Waals surface area contributed by atoms with E-state index < -0.39 is 5.41 Å². The molecule has 1 aliphatic heterocycles. The topological polar surface area (TPSA) is 51.8 Å². The van der Waals surface area contributed by atoms with Gasteiger partial charge >= 0.3 is 0 Å². The minimum atomic E-state index is -0.407. The summed E-state index contributed by atoms with van der Waals surface area (Å²) >= 11 is 1.95. The monoisotopic (exact) mass is 801 g/mol. The van der Waals surface area contributed by atoms with E-state index in [1.54, 1.807) is 0 Å². The van der Waals surface area contributed by atoms with Crippen molar-refractivity contribution in [2.75, 3.05) is 0 Å². The third-order valence-corrected chi connectivity index (χ3v) is 15.0. The summed E-state index contributed by atoms with van der Waals surface area (Å²) in [6, 6.07) is 55.5. The lowest BCUT2D eigenvalue weighted by Crippen LogP contribution is -2.39.